The SMILES string of the molecule is Cc1cc(-c2nc(N)c(Br)c(C(C)C)n2)ccc1F. The molecular weight excluding hydrogens is 309 g/mol. The van der Waals surface area contributed by atoms with E-state index in [2.05, 4.69) is 25.9 Å². The molecule has 2 N–H and O–H groups in total. The number of rotatable bonds is 2. The Bertz CT molecular complexity index is 626. The van der Waals surface area contributed by atoms with Crippen molar-refractivity contribution in [2.24, 2.45) is 0 Å². The Morgan fingerprint density at radius 3 is 2.53 bits per heavy atom. The second-order valence-electron chi connectivity index (χ2n) is 4.75. The highest BCUT2D eigenvalue weighted by Gasteiger charge is 2.14. The fourth-order valence-electron chi connectivity index (χ4n) is 1.78. The molecule has 0 aliphatic heterocycles. The van der Waals surface area contributed by atoms with Crippen LogP contribution in [0.4, 0.5) is 10.2 Å². The predicted molar refractivity (Wildman–Crippen MR) is 78.4 cm³/mol. The number of hydrogen-bond acceptors (Lipinski definition) is 3. The number of aromatic nitrogens is 2. The molecule has 0 amide bonds. The Morgan fingerprint density at radius 1 is 1.26 bits per heavy atom. The summed E-state index contributed by atoms with van der Waals surface area (Å²) in [5, 5.41) is 0. The van der Waals surface area contributed by atoms with E-state index in [0.717, 1.165) is 15.7 Å². The molecule has 1 heterocycles. The summed E-state index contributed by atoms with van der Waals surface area (Å²) in [6, 6.07) is 4.80. The molecule has 2 aromatic rings. The van der Waals surface area contributed by atoms with Crippen LogP contribution in [-0.4, -0.2) is 9.97 Å². The van der Waals surface area contributed by atoms with Gasteiger partial charge in [0.1, 0.15) is 11.6 Å². The average Bonchev–Trinajstić information content (AvgIpc) is 2.35. The van der Waals surface area contributed by atoms with Gasteiger partial charge in [-0.2, -0.15) is 0 Å². The number of hydrogen-bond donors (Lipinski definition) is 1. The van der Waals surface area contributed by atoms with Crippen molar-refractivity contribution in [1.82, 2.24) is 9.97 Å². The minimum Gasteiger partial charge on any atom is -0.383 e. The standard InChI is InChI=1S/C14H15BrFN3/c1-7(2)12-11(15)13(17)19-14(18-12)9-4-5-10(16)8(3)6-9/h4-7H,1-3H3,(H2,17,18,19). The first-order valence-electron chi connectivity index (χ1n) is 5.99. The van der Waals surface area contributed by atoms with Crippen molar-refractivity contribution < 1.29 is 4.39 Å². The van der Waals surface area contributed by atoms with Crippen molar-refractivity contribution in [3.05, 3.63) is 39.7 Å². The number of anilines is 1. The third-order valence-corrected chi connectivity index (χ3v) is 3.68. The third-order valence-electron chi connectivity index (χ3n) is 2.87. The molecule has 2 rings (SSSR count). The summed E-state index contributed by atoms with van der Waals surface area (Å²) in [5.74, 6) is 0.904. The lowest BCUT2D eigenvalue weighted by molar-refractivity contribution is 0.618. The first-order valence-corrected chi connectivity index (χ1v) is 6.79. The van der Waals surface area contributed by atoms with Crippen LogP contribution in [0, 0.1) is 12.7 Å². The predicted octanol–water partition coefficient (Wildman–Crippen LogP) is 4.06. The van der Waals surface area contributed by atoms with E-state index < -0.39 is 0 Å². The van der Waals surface area contributed by atoms with E-state index in [9.17, 15) is 4.39 Å². The molecule has 0 atom stereocenters. The second-order valence-corrected chi connectivity index (χ2v) is 5.54. The molecule has 1 aromatic heterocycles. The van der Waals surface area contributed by atoms with Crippen molar-refractivity contribution >= 4 is 21.7 Å². The molecule has 0 aliphatic rings. The van der Waals surface area contributed by atoms with E-state index in [-0.39, 0.29) is 11.7 Å². The number of aryl methyl sites for hydroxylation is 1. The summed E-state index contributed by atoms with van der Waals surface area (Å²) in [6.45, 7) is 5.78. The summed E-state index contributed by atoms with van der Waals surface area (Å²) >= 11 is 3.40. The van der Waals surface area contributed by atoms with Gasteiger partial charge in [0, 0.05) is 5.56 Å². The maximum Gasteiger partial charge on any atom is 0.161 e. The minimum absolute atomic E-state index is 0.222. The molecule has 5 heteroatoms. The van der Waals surface area contributed by atoms with E-state index in [4.69, 9.17) is 5.73 Å². The van der Waals surface area contributed by atoms with Gasteiger partial charge in [-0.3, -0.25) is 0 Å². The first-order chi connectivity index (χ1) is 8.90. The van der Waals surface area contributed by atoms with E-state index in [1.54, 1.807) is 19.1 Å². The normalized spacial score (nSPS) is 11.1. The highest BCUT2D eigenvalue weighted by atomic mass is 79.9. The fraction of sp³-hybridized carbons (Fsp3) is 0.286. The van der Waals surface area contributed by atoms with Crippen LogP contribution < -0.4 is 5.73 Å². The van der Waals surface area contributed by atoms with Gasteiger partial charge in [0.15, 0.2) is 5.82 Å². The Labute approximate surface area is 120 Å². The van der Waals surface area contributed by atoms with Crippen molar-refractivity contribution in [3.8, 4) is 11.4 Å². The van der Waals surface area contributed by atoms with Gasteiger partial charge in [0.05, 0.1) is 10.2 Å². The Kier molecular flexibility index (Phi) is 3.85. The Morgan fingerprint density at radius 2 is 1.95 bits per heavy atom. The zero-order valence-corrected chi connectivity index (χ0v) is 12.6. The van der Waals surface area contributed by atoms with Gasteiger partial charge in [-0.15, -0.1) is 0 Å². The molecule has 0 fully saturated rings. The van der Waals surface area contributed by atoms with Gasteiger partial charge < -0.3 is 5.73 Å². The molecule has 100 valence electrons. The van der Waals surface area contributed by atoms with Gasteiger partial charge >= 0.3 is 0 Å². The molecule has 0 radical (unpaired) electrons. The minimum atomic E-state index is -0.238. The maximum atomic E-state index is 13.3. The van der Waals surface area contributed by atoms with Crippen LogP contribution in [0.1, 0.15) is 31.0 Å². The Hall–Kier alpha value is -1.49. The first kappa shape index (κ1) is 13.9. The summed E-state index contributed by atoms with van der Waals surface area (Å²) in [4.78, 5) is 8.77. The molecule has 0 saturated heterocycles. The lowest BCUT2D eigenvalue weighted by atomic mass is 10.1. The number of nitrogens with two attached hydrogens (primary N) is 1. The van der Waals surface area contributed by atoms with E-state index >= 15 is 0 Å². The van der Waals surface area contributed by atoms with Crippen LogP contribution in [0.3, 0.4) is 0 Å². The smallest absolute Gasteiger partial charge is 0.161 e. The maximum absolute atomic E-state index is 13.3. The van der Waals surface area contributed by atoms with E-state index in [0.29, 0.717) is 17.2 Å². The lowest BCUT2D eigenvalue weighted by Gasteiger charge is -2.12. The Balaban J connectivity index is 2.59. The van der Waals surface area contributed by atoms with E-state index in [1.807, 2.05) is 13.8 Å². The fourth-order valence-corrected chi connectivity index (χ4v) is 2.41. The zero-order valence-electron chi connectivity index (χ0n) is 11.0. The molecule has 3 nitrogen and oxygen atoms in total. The molecule has 0 saturated carbocycles. The highest BCUT2D eigenvalue weighted by Crippen LogP contribution is 2.30. The number of halogens is 2. The van der Waals surface area contributed by atoms with Gasteiger partial charge in [-0.1, -0.05) is 13.8 Å². The molecular formula is C14H15BrFN3. The third kappa shape index (κ3) is 2.76. The van der Waals surface area contributed by atoms with Crippen LogP contribution >= 0.6 is 15.9 Å². The van der Waals surface area contributed by atoms with Crippen molar-refractivity contribution in [3.63, 3.8) is 0 Å². The molecule has 1 aromatic carbocycles. The number of benzene rings is 1. The summed E-state index contributed by atoms with van der Waals surface area (Å²) in [7, 11) is 0. The molecule has 19 heavy (non-hydrogen) atoms. The van der Waals surface area contributed by atoms with Crippen molar-refractivity contribution in [2.45, 2.75) is 26.7 Å². The zero-order chi connectivity index (χ0) is 14.2. The van der Waals surface area contributed by atoms with Crippen LogP contribution in [0.25, 0.3) is 11.4 Å². The monoisotopic (exact) mass is 323 g/mol. The number of nitrogens with zero attached hydrogens (tertiary/aromatic N) is 2. The van der Waals surface area contributed by atoms with Gasteiger partial charge in [0.2, 0.25) is 0 Å². The van der Waals surface area contributed by atoms with Crippen molar-refractivity contribution in [1.29, 1.82) is 0 Å². The van der Waals surface area contributed by atoms with Gasteiger partial charge in [-0.25, -0.2) is 14.4 Å². The molecule has 0 unspecified atom stereocenters. The van der Waals surface area contributed by atoms with Crippen molar-refractivity contribution in [2.75, 3.05) is 5.73 Å². The molecule has 0 aliphatic carbocycles. The summed E-state index contributed by atoms with van der Waals surface area (Å²) in [6.07, 6.45) is 0. The summed E-state index contributed by atoms with van der Waals surface area (Å²) in [5.41, 5.74) is 8.07. The second kappa shape index (κ2) is 5.25. The molecule has 0 spiro atoms. The highest BCUT2D eigenvalue weighted by molar-refractivity contribution is 9.10. The number of nitrogen functional groups attached to an aromatic ring is 1. The van der Waals surface area contributed by atoms with Gasteiger partial charge in [-0.05, 0) is 52.5 Å². The summed E-state index contributed by atoms with van der Waals surface area (Å²) < 4.78 is 14.0. The van der Waals surface area contributed by atoms with Crippen LogP contribution in [0.2, 0.25) is 0 Å². The lowest BCUT2D eigenvalue weighted by Crippen LogP contribution is -2.04. The largest absolute Gasteiger partial charge is 0.383 e. The van der Waals surface area contributed by atoms with Crippen LogP contribution in [0.15, 0.2) is 22.7 Å². The average molecular weight is 324 g/mol. The topological polar surface area (TPSA) is 51.8 Å². The van der Waals surface area contributed by atoms with Gasteiger partial charge in [0.25, 0.3) is 0 Å². The van der Waals surface area contributed by atoms with E-state index in [1.165, 1.54) is 6.07 Å². The van der Waals surface area contributed by atoms with Crippen LogP contribution in [0.5, 0.6) is 0 Å². The van der Waals surface area contributed by atoms with Crippen LogP contribution in [-0.2, 0) is 0 Å². The molecule has 0 bridgehead atoms. The quantitative estimate of drug-likeness (QED) is 0.906.